The number of allylic oxidation sites excluding steroid dienone is 1. The fourth-order valence-electron chi connectivity index (χ4n) is 8.59. The van der Waals surface area contributed by atoms with Crippen LogP contribution in [0.25, 0.3) is 0 Å². The van der Waals surface area contributed by atoms with Crippen LogP contribution in [0.15, 0.2) is 65.9 Å². The van der Waals surface area contributed by atoms with Gasteiger partial charge in [-0.2, -0.15) is 0 Å². The van der Waals surface area contributed by atoms with Gasteiger partial charge in [0.15, 0.2) is 0 Å². The van der Waals surface area contributed by atoms with Crippen molar-refractivity contribution in [1.82, 2.24) is 9.88 Å². The van der Waals surface area contributed by atoms with Crippen LogP contribution in [-0.4, -0.2) is 88.2 Å². The summed E-state index contributed by atoms with van der Waals surface area (Å²) in [6, 6.07) is 11.2. The lowest BCUT2D eigenvalue weighted by Crippen LogP contribution is -2.70. The molecule has 0 saturated heterocycles. The van der Waals surface area contributed by atoms with Crippen molar-refractivity contribution < 1.29 is 38.8 Å². The molecule has 0 bridgehead atoms. The smallest absolute Gasteiger partial charge is 0.410 e. The van der Waals surface area contributed by atoms with E-state index in [0.717, 1.165) is 53.9 Å². The average molecular weight is 796 g/mol. The number of pyridine rings is 1. The second-order valence-electron chi connectivity index (χ2n) is 16.0. The highest BCUT2D eigenvalue weighted by atomic mass is 35.5. The maximum absolute atomic E-state index is 14.1. The number of alkyl halides is 1. The number of unbranched alkanes of at least 4 members (excludes halogenated alkanes) is 2. The van der Waals surface area contributed by atoms with Gasteiger partial charge >= 0.3 is 6.09 Å². The number of aromatic nitrogens is 1. The number of hydrogen-bond donors (Lipinski definition) is 2. The Balaban J connectivity index is 1.76. The minimum atomic E-state index is -1.37. The van der Waals surface area contributed by atoms with E-state index in [0.29, 0.717) is 43.9 Å². The van der Waals surface area contributed by atoms with E-state index in [9.17, 15) is 15.0 Å². The normalized spacial score (nSPS) is 24.7. The van der Waals surface area contributed by atoms with E-state index in [4.69, 9.17) is 40.5 Å². The van der Waals surface area contributed by atoms with Crippen LogP contribution in [0.1, 0.15) is 102 Å². The summed E-state index contributed by atoms with van der Waals surface area (Å²) < 4.78 is 26.4. The van der Waals surface area contributed by atoms with Crippen molar-refractivity contribution in [2.24, 2.45) is 22.9 Å². The third kappa shape index (κ3) is 10.3. The van der Waals surface area contributed by atoms with E-state index in [2.05, 4.69) is 23.7 Å². The Morgan fingerprint density at radius 1 is 1.14 bits per heavy atom. The lowest BCUT2D eigenvalue weighted by molar-refractivity contribution is -0.255. The molecule has 2 aliphatic carbocycles. The maximum Gasteiger partial charge on any atom is 0.410 e. The fraction of sp³-hybridized carbons (Fsp3) is 0.614. The Kier molecular flexibility index (Phi) is 15.7. The molecule has 1 aromatic heterocycles. The third-order valence-corrected chi connectivity index (χ3v) is 10.9. The molecule has 2 heterocycles. The summed E-state index contributed by atoms with van der Waals surface area (Å²) >= 11 is 6.01. The predicted octanol–water partition coefficient (Wildman–Crippen LogP) is 8.49. The third-order valence-electron chi connectivity index (χ3n) is 10.8. The Bertz CT molecular complexity index is 1680. The van der Waals surface area contributed by atoms with Gasteiger partial charge in [0.25, 0.3) is 0 Å². The minimum absolute atomic E-state index is 0.0616. The first kappa shape index (κ1) is 43.5. The highest BCUT2D eigenvalue weighted by Gasteiger charge is 2.65. The number of hydrogen-bond acceptors (Lipinski definition) is 10. The zero-order chi connectivity index (χ0) is 40.3. The van der Waals surface area contributed by atoms with Gasteiger partial charge in [0.2, 0.25) is 5.79 Å². The summed E-state index contributed by atoms with van der Waals surface area (Å²) in [6.45, 7) is 15.0. The summed E-state index contributed by atoms with van der Waals surface area (Å²) in [5.74, 6) is -0.273. The predicted molar refractivity (Wildman–Crippen MR) is 218 cm³/mol. The Labute approximate surface area is 338 Å². The van der Waals surface area contributed by atoms with Gasteiger partial charge in [0, 0.05) is 43.4 Å². The number of carbonyl (C=O) groups is 1. The Hall–Kier alpha value is -3.64. The fourth-order valence-corrected chi connectivity index (χ4v) is 8.67. The van der Waals surface area contributed by atoms with Crippen LogP contribution in [0, 0.1) is 24.7 Å². The number of rotatable bonds is 20. The minimum Gasteiger partial charge on any atom is -0.487 e. The highest BCUT2D eigenvalue weighted by Crippen LogP contribution is 2.62. The maximum atomic E-state index is 14.1. The van der Waals surface area contributed by atoms with Crippen molar-refractivity contribution in [1.29, 1.82) is 0 Å². The molecule has 308 valence electrons. The van der Waals surface area contributed by atoms with E-state index >= 15 is 0 Å². The Morgan fingerprint density at radius 3 is 2.59 bits per heavy atom. The number of fused-ring (bicyclic) bond motifs is 2. The molecular formula is C44H62ClN3O8. The molecule has 0 spiro atoms. The summed E-state index contributed by atoms with van der Waals surface area (Å²) in [4.78, 5) is 26.6. The summed E-state index contributed by atoms with van der Waals surface area (Å²) in [5.41, 5.74) is 3.86. The molecule has 12 heteroatoms. The van der Waals surface area contributed by atoms with Gasteiger partial charge < -0.3 is 34.0 Å². The Morgan fingerprint density at radius 2 is 1.91 bits per heavy atom. The number of aliphatic hydroxyl groups excluding tert-OH is 2. The molecule has 6 unspecified atom stereocenters. The van der Waals surface area contributed by atoms with Crippen LogP contribution in [0.3, 0.4) is 0 Å². The molecule has 1 amide bonds. The molecular weight excluding hydrogens is 734 g/mol. The highest BCUT2D eigenvalue weighted by molar-refractivity contribution is 6.18. The molecule has 1 saturated carbocycles. The number of nitrogens with zero attached hydrogens (tertiary/aromatic N) is 3. The van der Waals surface area contributed by atoms with Crippen molar-refractivity contribution in [3.8, 4) is 11.5 Å². The summed E-state index contributed by atoms with van der Waals surface area (Å²) in [7, 11) is 0. The topological polar surface area (TPSA) is 132 Å². The largest absolute Gasteiger partial charge is 0.487 e. The average Bonchev–Trinajstić information content (AvgIpc) is 3.17. The SMILES string of the molecule is C=CCOC12Oc3ccc(OCc4cccc(C)n4)cc3C3C(CCCCO)C(CCCCO)C=C(C(=NOC(C)(C)C)CC1N(CCC)C(=O)OCCCl)C32. The van der Waals surface area contributed by atoms with Gasteiger partial charge in [-0.25, -0.2) is 4.79 Å². The first-order valence-corrected chi connectivity index (χ1v) is 20.8. The van der Waals surface area contributed by atoms with Crippen molar-refractivity contribution in [2.75, 3.05) is 38.9 Å². The van der Waals surface area contributed by atoms with E-state index in [1.807, 2.05) is 65.0 Å². The van der Waals surface area contributed by atoms with Gasteiger partial charge in [0.1, 0.15) is 36.4 Å². The first-order valence-electron chi connectivity index (χ1n) is 20.3. The lowest BCUT2D eigenvalue weighted by atomic mass is 9.55. The molecule has 1 aromatic carbocycles. The van der Waals surface area contributed by atoms with Crippen LogP contribution in [-0.2, 0) is 20.9 Å². The number of benzene rings is 1. The molecule has 1 aliphatic heterocycles. The van der Waals surface area contributed by atoms with Gasteiger partial charge in [-0.1, -0.05) is 43.1 Å². The van der Waals surface area contributed by atoms with Crippen LogP contribution in [0.5, 0.6) is 11.5 Å². The van der Waals surface area contributed by atoms with Crippen molar-refractivity contribution in [3.05, 3.63) is 77.7 Å². The van der Waals surface area contributed by atoms with Crippen LogP contribution in [0.2, 0.25) is 0 Å². The van der Waals surface area contributed by atoms with Crippen molar-refractivity contribution in [2.45, 2.75) is 116 Å². The second-order valence-corrected chi connectivity index (χ2v) is 16.4. The number of oxime groups is 1. The van der Waals surface area contributed by atoms with E-state index in [-0.39, 0.29) is 56.5 Å². The number of aliphatic hydroxyl groups is 2. The van der Waals surface area contributed by atoms with Crippen molar-refractivity contribution >= 4 is 23.4 Å². The quantitative estimate of drug-likeness (QED) is 0.0586. The molecule has 3 aliphatic rings. The monoisotopic (exact) mass is 795 g/mol. The molecule has 6 atom stereocenters. The molecule has 5 rings (SSSR count). The van der Waals surface area contributed by atoms with E-state index < -0.39 is 29.4 Å². The van der Waals surface area contributed by atoms with E-state index in [1.54, 1.807) is 11.0 Å². The molecule has 56 heavy (non-hydrogen) atoms. The zero-order valence-corrected chi connectivity index (χ0v) is 34.6. The molecule has 0 radical (unpaired) electrons. The summed E-state index contributed by atoms with van der Waals surface area (Å²) in [5, 5.41) is 24.6. The lowest BCUT2D eigenvalue weighted by Gasteiger charge is -2.60. The molecule has 2 aromatic rings. The number of halogens is 1. The molecule has 1 fully saturated rings. The number of carbonyl (C=O) groups excluding carboxylic acids is 1. The van der Waals surface area contributed by atoms with E-state index in [1.165, 1.54) is 0 Å². The number of aryl methyl sites for hydroxylation is 1. The van der Waals surface area contributed by atoms with Crippen molar-refractivity contribution in [3.63, 3.8) is 0 Å². The van der Waals surface area contributed by atoms with Gasteiger partial charge in [-0.05, 0) is 108 Å². The second kappa shape index (κ2) is 20.2. The summed E-state index contributed by atoms with van der Waals surface area (Å²) in [6.07, 6.45) is 9.21. The zero-order valence-electron chi connectivity index (χ0n) is 33.9. The van der Waals surface area contributed by atoms with Gasteiger partial charge in [-0.15, -0.1) is 18.2 Å². The number of amides is 1. The molecule has 11 nitrogen and oxygen atoms in total. The van der Waals surface area contributed by atoms with Gasteiger partial charge in [-0.3, -0.25) is 9.88 Å². The molecule has 2 N–H and O–H groups in total. The van der Waals surface area contributed by atoms with Gasteiger partial charge in [0.05, 0.1) is 29.8 Å². The van der Waals surface area contributed by atoms with Crippen LogP contribution in [0.4, 0.5) is 4.79 Å². The van der Waals surface area contributed by atoms with Crippen LogP contribution < -0.4 is 9.47 Å². The first-order chi connectivity index (χ1) is 27.0. The standard InChI is InChI=1S/C44H62ClN3O8/c1-7-21-48(42(51)52-25-20-45)39-28-37(47-56-43(4,5)6)35-26-31(15-9-11-22-49)34(17-10-12-23-50)40-36-27-33(53-29-32-16-13-14-30(3)46-32)18-19-38(36)55-44(39,41(35)40)54-24-8-2/h8,13-14,16,18-19,26-27,31,34,39-41,49-50H,2,7,9-12,15,17,20-25,28-29H2,1,3-6H3. The van der Waals surface area contributed by atoms with Crippen LogP contribution >= 0.6 is 11.6 Å². The number of ether oxygens (including phenoxy) is 4.